The number of carbonyl (C=O) groups is 1. The Morgan fingerprint density at radius 1 is 1.23 bits per heavy atom. The maximum Gasteiger partial charge on any atom is 0.451 e. The summed E-state index contributed by atoms with van der Waals surface area (Å²) in [5.74, 6) is 0.347. The summed E-state index contributed by atoms with van der Waals surface area (Å²) in [4.78, 5) is 29.2. The molecule has 2 fully saturated rings. The number of benzene rings is 1. The van der Waals surface area contributed by atoms with Gasteiger partial charge in [0, 0.05) is 31.5 Å². The molecule has 3 atom stereocenters. The van der Waals surface area contributed by atoms with Crippen molar-refractivity contribution in [2.45, 2.75) is 37.4 Å². The number of aromatic amines is 1. The van der Waals surface area contributed by atoms with Crippen molar-refractivity contribution in [1.82, 2.24) is 25.3 Å². The normalized spacial score (nSPS) is 23.3. The summed E-state index contributed by atoms with van der Waals surface area (Å²) in [6.07, 6.45) is -0.0770. The zero-order chi connectivity index (χ0) is 21.6. The molecular weight excluding hydrogens is 409 g/mol. The molecule has 1 saturated heterocycles. The fourth-order valence-electron chi connectivity index (χ4n) is 4.22. The van der Waals surface area contributed by atoms with Gasteiger partial charge in [0.1, 0.15) is 5.82 Å². The van der Waals surface area contributed by atoms with E-state index in [9.17, 15) is 18.0 Å². The number of amides is 1. The lowest BCUT2D eigenvalue weighted by molar-refractivity contribution is -0.145. The zero-order valence-electron chi connectivity index (χ0n) is 16.6. The fourth-order valence-corrected chi connectivity index (χ4v) is 4.22. The van der Waals surface area contributed by atoms with E-state index in [1.807, 2.05) is 29.2 Å². The van der Waals surface area contributed by atoms with Crippen LogP contribution >= 0.6 is 0 Å². The van der Waals surface area contributed by atoms with Crippen LogP contribution in [-0.4, -0.2) is 45.0 Å². The van der Waals surface area contributed by atoms with Crippen molar-refractivity contribution in [2.24, 2.45) is 5.92 Å². The number of alkyl halides is 3. The van der Waals surface area contributed by atoms with Crippen molar-refractivity contribution in [1.29, 1.82) is 0 Å². The maximum atomic E-state index is 12.6. The van der Waals surface area contributed by atoms with Gasteiger partial charge in [-0.2, -0.15) is 13.2 Å². The van der Waals surface area contributed by atoms with Gasteiger partial charge in [-0.1, -0.05) is 12.1 Å². The summed E-state index contributed by atoms with van der Waals surface area (Å²) < 4.78 is 37.8. The van der Waals surface area contributed by atoms with E-state index in [-0.39, 0.29) is 23.8 Å². The quantitative estimate of drug-likeness (QED) is 0.649. The number of nitrogens with one attached hydrogen (secondary N) is 2. The summed E-state index contributed by atoms with van der Waals surface area (Å²) in [7, 11) is 0. The minimum absolute atomic E-state index is 0.000805. The lowest BCUT2D eigenvalue weighted by Gasteiger charge is -2.18. The predicted molar refractivity (Wildman–Crippen MR) is 107 cm³/mol. The Kier molecular flexibility index (Phi) is 4.79. The second kappa shape index (κ2) is 7.51. The first-order valence-electron chi connectivity index (χ1n) is 10.2. The van der Waals surface area contributed by atoms with Gasteiger partial charge >= 0.3 is 6.18 Å². The van der Waals surface area contributed by atoms with Gasteiger partial charge in [0.25, 0.3) is 0 Å². The number of halogens is 3. The van der Waals surface area contributed by atoms with Gasteiger partial charge in [-0.25, -0.2) is 15.0 Å². The van der Waals surface area contributed by atoms with Crippen molar-refractivity contribution < 1.29 is 18.0 Å². The second-order valence-electron chi connectivity index (χ2n) is 8.21. The summed E-state index contributed by atoms with van der Waals surface area (Å²) in [6.45, 7) is 1.16. The number of H-pyrrole nitrogens is 1. The molecule has 1 amide bonds. The SMILES string of the molecule is O=C(C[C@@H]1C[C@@H]1c1nc2ccccc2[nH]1)N[C@@H]1CCN(c2cnc(C(F)(F)F)nc2)C1. The van der Waals surface area contributed by atoms with Gasteiger partial charge in [-0.05, 0) is 30.9 Å². The molecule has 10 heteroatoms. The number of hydrogen-bond acceptors (Lipinski definition) is 5. The topological polar surface area (TPSA) is 86.8 Å². The average molecular weight is 430 g/mol. The van der Waals surface area contributed by atoms with Crippen LogP contribution in [0.25, 0.3) is 11.0 Å². The molecule has 0 spiro atoms. The third kappa shape index (κ3) is 4.19. The van der Waals surface area contributed by atoms with Crippen LogP contribution < -0.4 is 10.2 Å². The number of aromatic nitrogens is 4. The molecule has 162 valence electrons. The Hall–Kier alpha value is -3.17. The highest BCUT2D eigenvalue weighted by atomic mass is 19.4. The standard InChI is InChI=1S/C21H21F3N6O/c22-21(23,24)20-25-9-14(10-26-20)30-6-5-13(11-30)27-18(31)8-12-7-15(12)19-28-16-3-1-2-4-17(16)29-19/h1-4,9-10,12-13,15H,5-8,11H2,(H,27,31)(H,28,29)/t12-,13+,15-/m0/s1. The van der Waals surface area contributed by atoms with Crippen molar-refractivity contribution in [3.63, 3.8) is 0 Å². The molecule has 2 N–H and O–H groups in total. The number of anilines is 1. The molecule has 3 heterocycles. The number of hydrogen-bond donors (Lipinski definition) is 2. The minimum atomic E-state index is -4.55. The van der Waals surface area contributed by atoms with E-state index >= 15 is 0 Å². The molecule has 5 rings (SSSR count). The molecule has 0 bridgehead atoms. The highest BCUT2D eigenvalue weighted by Gasteiger charge is 2.42. The first-order valence-corrected chi connectivity index (χ1v) is 10.2. The minimum Gasteiger partial charge on any atom is -0.367 e. The van der Waals surface area contributed by atoms with E-state index in [1.165, 1.54) is 12.4 Å². The van der Waals surface area contributed by atoms with Crippen LogP contribution in [0.15, 0.2) is 36.7 Å². The first-order chi connectivity index (χ1) is 14.9. The van der Waals surface area contributed by atoms with Crippen LogP contribution in [0.1, 0.15) is 36.8 Å². The van der Waals surface area contributed by atoms with Gasteiger partial charge in [0.05, 0.1) is 29.1 Å². The lowest BCUT2D eigenvalue weighted by atomic mass is 10.2. The molecule has 7 nitrogen and oxygen atoms in total. The number of imidazole rings is 1. The van der Waals surface area contributed by atoms with Crippen LogP contribution in [-0.2, 0) is 11.0 Å². The summed E-state index contributed by atoms with van der Waals surface area (Å²) in [6, 6.07) is 7.82. The van der Waals surface area contributed by atoms with Gasteiger partial charge in [-0.3, -0.25) is 4.79 Å². The number of nitrogens with zero attached hydrogens (tertiary/aromatic N) is 4. The van der Waals surface area contributed by atoms with E-state index in [1.54, 1.807) is 0 Å². The van der Waals surface area contributed by atoms with E-state index in [0.29, 0.717) is 25.2 Å². The first kappa shape index (κ1) is 19.8. The molecule has 1 aliphatic carbocycles. The van der Waals surface area contributed by atoms with Crippen LogP contribution in [0.2, 0.25) is 0 Å². The third-order valence-corrected chi connectivity index (χ3v) is 5.94. The largest absolute Gasteiger partial charge is 0.451 e. The lowest BCUT2D eigenvalue weighted by Crippen LogP contribution is -2.37. The third-order valence-electron chi connectivity index (χ3n) is 5.94. The Bertz CT molecular complexity index is 1060. The molecule has 1 saturated carbocycles. The zero-order valence-corrected chi connectivity index (χ0v) is 16.6. The Morgan fingerprint density at radius 2 is 2.00 bits per heavy atom. The van der Waals surface area contributed by atoms with E-state index in [2.05, 4.69) is 25.3 Å². The molecule has 1 aromatic carbocycles. The van der Waals surface area contributed by atoms with Crippen LogP contribution in [0.3, 0.4) is 0 Å². The van der Waals surface area contributed by atoms with E-state index in [4.69, 9.17) is 0 Å². The summed E-state index contributed by atoms with van der Waals surface area (Å²) in [5, 5.41) is 3.05. The predicted octanol–water partition coefficient (Wildman–Crippen LogP) is 3.26. The fraction of sp³-hybridized carbons (Fsp3) is 0.429. The average Bonchev–Trinajstić information content (AvgIpc) is 3.14. The molecule has 1 aliphatic heterocycles. The molecule has 0 radical (unpaired) electrons. The number of rotatable bonds is 5. The van der Waals surface area contributed by atoms with Crippen LogP contribution in [0.5, 0.6) is 0 Å². The van der Waals surface area contributed by atoms with E-state index < -0.39 is 12.0 Å². The maximum absolute atomic E-state index is 12.6. The van der Waals surface area contributed by atoms with Crippen LogP contribution in [0.4, 0.5) is 18.9 Å². The highest BCUT2D eigenvalue weighted by molar-refractivity contribution is 5.78. The molecule has 3 aromatic rings. The number of carbonyl (C=O) groups excluding carboxylic acids is 1. The monoisotopic (exact) mass is 430 g/mol. The Morgan fingerprint density at radius 3 is 2.74 bits per heavy atom. The van der Waals surface area contributed by atoms with Crippen molar-refractivity contribution >= 4 is 22.6 Å². The summed E-state index contributed by atoms with van der Waals surface area (Å²) in [5.41, 5.74) is 2.47. The molecule has 0 unspecified atom stereocenters. The molecule has 31 heavy (non-hydrogen) atoms. The van der Waals surface area contributed by atoms with Crippen LogP contribution in [0, 0.1) is 5.92 Å². The Labute approximate surface area is 176 Å². The molecular formula is C21H21F3N6O. The van der Waals surface area contributed by atoms with Gasteiger partial charge in [0.2, 0.25) is 11.7 Å². The van der Waals surface area contributed by atoms with Gasteiger partial charge in [-0.15, -0.1) is 0 Å². The number of fused-ring (bicyclic) bond motifs is 1. The molecule has 2 aromatic heterocycles. The second-order valence-corrected chi connectivity index (χ2v) is 8.21. The molecule has 2 aliphatic rings. The highest BCUT2D eigenvalue weighted by Crippen LogP contribution is 2.48. The van der Waals surface area contributed by atoms with Crippen molar-refractivity contribution in [2.75, 3.05) is 18.0 Å². The van der Waals surface area contributed by atoms with E-state index in [0.717, 1.165) is 29.7 Å². The van der Waals surface area contributed by atoms with Gasteiger partial charge < -0.3 is 15.2 Å². The van der Waals surface area contributed by atoms with Gasteiger partial charge in [0.15, 0.2) is 0 Å². The van der Waals surface area contributed by atoms with Crippen molar-refractivity contribution in [3.8, 4) is 0 Å². The van der Waals surface area contributed by atoms with Crippen molar-refractivity contribution in [3.05, 3.63) is 48.3 Å². The summed E-state index contributed by atoms with van der Waals surface area (Å²) >= 11 is 0. The smallest absolute Gasteiger partial charge is 0.367 e. The Balaban J connectivity index is 1.12. The number of para-hydroxylation sites is 2.